The molecule has 0 bridgehead atoms. The molecule has 130 valence electrons. The van der Waals surface area contributed by atoms with Gasteiger partial charge in [0.15, 0.2) is 0 Å². The topological polar surface area (TPSA) is 75.6 Å². The number of alkyl carbamates (subject to hydrolysis) is 1. The van der Waals surface area contributed by atoms with Crippen molar-refractivity contribution >= 4 is 12.1 Å². The number of carbonyl (C=O) groups is 2. The molecule has 25 heavy (non-hydrogen) atoms. The number of hydrogen-bond acceptors (Lipinski definition) is 3. The van der Waals surface area contributed by atoms with E-state index < -0.39 is 12.1 Å². The van der Waals surface area contributed by atoms with Gasteiger partial charge in [0, 0.05) is 6.54 Å². The van der Waals surface area contributed by atoms with E-state index in [1.54, 1.807) is 0 Å². The number of carboxylic acids is 1. The lowest BCUT2D eigenvalue weighted by molar-refractivity contribution is -0.136. The van der Waals surface area contributed by atoms with Crippen LogP contribution in [0, 0.1) is 5.92 Å². The zero-order chi connectivity index (χ0) is 17.6. The van der Waals surface area contributed by atoms with Gasteiger partial charge in [-0.3, -0.25) is 4.79 Å². The van der Waals surface area contributed by atoms with Crippen LogP contribution in [0.5, 0.6) is 0 Å². The molecule has 1 aliphatic rings. The van der Waals surface area contributed by atoms with Crippen molar-refractivity contribution in [2.24, 2.45) is 5.92 Å². The molecule has 2 N–H and O–H groups in total. The minimum Gasteiger partial charge on any atom is -0.481 e. The Morgan fingerprint density at radius 3 is 2.56 bits per heavy atom. The zero-order valence-corrected chi connectivity index (χ0v) is 13.9. The van der Waals surface area contributed by atoms with E-state index in [4.69, 9.17) is 9.84 Å². The summed E-state index contributed by atoms with van der Waals surface area (Å²) in [6, 6.07) is 15.4. The molecular weight excluding hydrogens is 318 g/mol. The van der Waals surface area contributed by atoms with Crippen LogP contribution in [-0.4, -0.2) is 23.7 Å². The molecule has 0 aromatic heterocycles. The molecule has 3 rings (SSSR count). The summed E-state index contributed by atoms with van der Waals surface area (Å²) >= 11 is 0. The fourth-order valence-corrected chi connectivity index (χ4v) is 3.19. The summed E-state index contributed by atoms with van der Waals surface area (Å²) in [4.78, 5) is 22.6. The normalized spacial score (nSPS) is 15.4. The van der Waals surface area contributed by atoms with Crippen molar-refractivity contribution in [3.05, 3.63) is 70.8 Å². The lowest BCUT2D eigenvalue weighted by atomic mass is 10.0. The van der Waals surface area contributed by atoms with Crippen LogP contribution in [0.2, 0.25) is 0 Å². The Morgan fingerprint density at radius 1 is 1.04 bits per heavy atom. The number of rotatable bonds is 6. The Morgan fingerprint density at radius 2 is 1.80 bits per heavy atom. The number of fused-ring (bicyclic) bond motifs is 1. The first-order chi connectivity index (χ1) is 12.1. The fraction of sp³-hybridized carbons (Fsp3) is 0.300. The largest absolute Gasteiger partial charge is 0.481 e. The Bertz CT molecular complexity index is 758. The molecule has 1 unspecified atom stereocenters. The van der Waals surface area contributed by atoms with Crippen LogP contribution in [-0.2, 0) is 35.4 Å². The maximum absolute atomic E-state index is 11.8. The van der Waals surface area contributed by atoms with Gasteiger partial charge in [0.1, 0.15) is 6.61 Å². The highest BCUT2D eigenvalue weighted by Crippen LogP contribution is 2.27. The van der Waals surface area contributed by atoms with Crippen molar-refractivity contribution in [1.82, 2.24) is 5.32 Å². The minimum absolute atomic E-state index is 0.0437. The van der Waals surface area contributed by atoms with Gasteiger partial charge in [-0.15, -0.1) is 0 Å². The van der Waals surface area contributed by atoms with E-state index in [2.05, 4.69) is 5.32 Å². The Kier molecular flexibility index (Phi) is 5.33. The van der Waals surface area contributed by atoms with E-state index in [0.29, 0.717) is 12.5 Å². The van der Waals surface area contributed by atoms with Crippen molar-refractivity contribution in [2.75, 3.05) is 6.54 Å². The van der Waals surface area contributed by atoms with Gasteiger partial charge in [0.25, 0.3) is 0 Å². The first-order valence-electron chi connectivity index (χ1n) is 8.37. The number of benzene rings is 2. The second-order valence-electron chi connectivity index (χ2n) is 6.39. The first-order valence-corrected chi connectivity index (χ1v) is 8.37. The third-order valence-electron chi connectivity index (χ3n) is 4.39. The number of hydrogen-bond donors (Lipinski definition) is 2. The molecule has 1 aliphatic carbocycles. The lowest BCUT2D eigenvalue weighted by Crippen LogP contribution is -2.30. The highest BCUT2D eigenvalue weighted by molar-refractivity contribution is 5.70. The number of carbonyl (C=O) groups excluding carboxylic acids is 1. The number of nitrogens with one attached hydrogen (secondary N) is 1. The standard InChI is InChI=1S/C20H21NO4/c22-19(23)11-15-6-7-17-9-16(10-18(17)8-15)12-21-20(24)25-13-14-4-2-1-3-5-14/h1-8,16H,9-13H2,(H,21,24)(H,22,23). The molecule has 2 aromatic rings. The second-order valence-corrected chi connectivity index (χ2v) is 6.39. The van der Waals surface area contributed by atoms with Crippen LogP contribution >= 0.6 is 0 Å². The molecule has 0 radical (unpaired) electrons. The van der Waals surface area contributed by atoms with E-state index >= 15 is 0 Å². The molecule has 0 saturated carbocycles. The average Bonchev–Trinajstić information content (AvgIpc) is 3.00. The number of amides is 1. The first kappa shape index (κ1) is 17.0. The second kappa shape index (κ2) is 7.83. The van der Waals surface area contributed by atoms with Crippen molar-refractivity contribution in [3.63, 3.8) is 0 Å². The summed E-state index contributed by atoms with van der Waals surface area (Å²) in [6.07, 6.45) is 1.37. The van der Waals surface area contributed by atoms with Crippen LogP contribution in [0.15, 0.2) is 48.5 Å². The van der Waals surface area contributed by atoms with Crippen LogP contribution in [0.4, 0.5) is 4.79 Å². The van der Waals surface area contributed by atoms with Gasteiger partial charge in [-0.1, -0.05) is 48.5 Å². The summed E-state index contributed by atoms with van der Waals surface area (Å²) < 4.78 is 5.21. The number of carboxylic acid groups (broad SMARTS) is 1. The van der Waals surface area contributed by atoms with E-state index in [0.717, 1.165) is 24.0 Å². The van der Waals surface area contributed by atoms with E-state index in [9.17, 15) is 9.59 Å². The molecule has 0 spiro atoms. The maximum Gasteiger partial charge on any atom is 0.407 e. The van der Waals surface area contributed by atoms with Gasteiger partial charge in [0.05, 0.1) is 6.42 Å². The summed E-state index contributed by atoms with van der Waals surface area (Å²) in [5.41, 5.74) is 4.20. The Balaban J connectivity index is 1.45. The predicted octanol–water partition coefficient (Wildman–Crippen LogP) is 2.95. The van der Waals surface area contributed by atoms with Crippen LogP contribution in [0.3, 0.4) is 0 Å². The van der Waals surface area contributed by atoms with E-state index in [-0.39, 0.29) is 13.0 Å². The SMILES string of the molecule is O=C(O)Cc1ccc2c(c1)CC(CNC(=O)OCc1ccccc1)C2. The number of ether oxygens (including phenoxy) is 1. The summed E-state index contributed by atoms with van der Waals surface area (Å²) in [7, 11) is 0. The van der Waals surface area contributed by atoms with Gasteiger partial charge < -0.3 is 15.2 Å². The summed E-state index contributed by atoms with van der Waals surface area (Å²) in [5, 5.41) is 11.7. The molecule has 5 nitrogen and oxygen atoms in total. The van der Waals surface area contributed by atoms with Crippen LogP contribution in [0.1, 0.15) is 22.3 Å². The third-order valence-corrected chi connectivity index (χ3v) is 4.39. The van der Waals surface area contributed by atoms with Gasteiger partial charge in [0.2, 0.25) is 0 Å². The third kappa shape index (κ3) is 4.83. The average molecular weight is 339 g/mol. The predicted molar refractivity (Wildman–Crippen MR) is 93.3 cm³/mol. The van der Waals surface area contributed by atoms with Crippen molar-refractivity contribution < 1.29 is 19.4 Å². The molecular formula is C20H21NO4. The molecule has 0 saturated heterocycles. The monoisotopic (exact) mass is 339 g/mol. The van der Waals surface area contributed by atoms with Crippen LogP contribution < -0.4 is 5.32 Å². The molecule has 1 atom stereocenters. The Labute approximate surface area is 146 Å². The van der Waals surface area contributed by atoms with Crippen molar-refractivity contribution in [1.29, 1.82) is 0 Å². The van der Waals surface area contributed by atoms with Crippen LogP contribution in [0.25, 0.3) is 0 Å². The molecule has 1 amide bonds. The van der Waals surface area contributed by atoms with Crippen molar-refractivity contribution in [3.8, 4) is 0 Å². The smallest absolute Gasteiger partial charge is 0.407 e. The minimum atomic E-state index is -0.822. The zero-order valence-electron chi connectivity index (χ0n) is 13.9. The van der Waals surface area contributed by atoms with Gasteiger partial charge in [-0.05, 0) is 41.0 Å². The summed E-state index contributed by atoms with van der Waals surface area (Å²) in [5.74, 6) is -0.503. The highest BCUT2D eigenvalue weighted by Gasteiger charge is 2.22. The fourth-order valence-electron chi connectivity index (χ4n) is 3.19. The maximum atomic E-state index is 11.8. The number of aliphatic carboxylic acids is 1. The lowest BCUT2D eigenvalue weighted by Gasteiger charge is -2.11. The molecule has 5 heteroatoms. The van der Waals surface area contributed by atoms with Gasteiger partial charge in [-0.2, -0.15) is 0 Å². The summed E-state index contributed by atoms with van der Waals surface area (Å²) in [6.45, 7) is 0.812. The van der Waals surface area contributed by atoms with Gasteiger partial charge >= 0.3 is 12.1 Å². The van der Waals surface area contributed by atoms with Gasteiger partial charge in [-0.25, -0.2) is 4.79 Å². The molecule has 2 aromatic carbocycles. The van der Waals surface area contributed by atoms with E-state index in [1.165, 1.54) is 11.1 Å². The quantitative estimate of drug-likeness (QED) is 0.848. The molecule has 0 heterocycles. The highest BCUT2D eigenvalue weighted by atomic mass is 16.5. The Hall–Kier alpha value is -2.82. The van der Waals surface area contributed by atoms with Crippen molar-refractivity contribution in [2.45, 2.75) is 25.9 Å². The molecule has 0 aliphatic heterocycles. The van der Waals surface area contributed by atoms with E-state index in [1.807, 2.05) is 48.5 Å². The molecule has 0 fully saturated rings.